The molecule has 1 aliphatic heterocycles. The van der Waals surface area contributed by atoms with E-state index < -0.39 is 0 Å². The molecule has 0 aromatic carbocycles. The van der Waals surface area contributed by atoms with Crippen LogP contribution in [0.3, 0.4) is 0 Å². The molecule has 0 amide bonds. The molecule has 4 nitrogen and oxygen atoms in total. The Hall–Kier alpha value is -0.850. The molecule has 0 radical (unpaired) electrons. The molecule has 1 aromatic heterocycles. The summed E-state index contributed by atoms with van der Waals surface area (Å²) in [5.74, 6) is 1.03. The summed E-state index contributed by atoms with van der Waals surface area (Å²) in [6.07, 6.45) is 4.65. The van der Waals surface area contributed by atoms with Gasteiger partial charge in [-0.3, -0.25) is 9.98 Å². The predicted molar refractivity (Wildman–Crippen MR) is 104 cm³/mol. The Labute approximate surface area is 151 Å². The summed E-state index contributed by atoms with van der Waals surface area (Å²) >= 11 is 0. The second kappa shape index (κ2) is 7.62. The summed E-state index contributed by atoms with van der Waals surface area (Å²) < 4.78 is 0. The molecule has 22 heavy (non-hydrogen) atoms. The topological polar surface area (TPSA) is 40.5 Å². The number of rotatable bonds is 4. The Kier molecular flexibility index (Phi) is 6.65. The van der Waals surface area contributed by atoms with Crippen LogP contribution in [0, 0.1) is 5.41 Å². The van der Waals surface area contributed by atoms with Gasteiger partial charge in [-0.1, -0.05) is 19.9 Å². The lowest BCUT2D eigenvalue weighted by atomic mass is 9.65. The van der Waals surface area contributed by atoms with E-state index in [2.05, 4.69) is 55.9 Å². The van der Waals surface area contributed by atoms with Gasteiger partial charge in [-0.15, -0.1) is 24.0 Å². The molecule has 1 N–H and O–H groups in total. The van der Waals surface area contributed by atoms with Crippen molar-refractivity contribution in [3.8, 4) is 0 Å². The van der Waals surface area contributed by atoms with Crippen molar-refractivity contribution in [1.82, 2.24) is 15.2 Å². The molecule has 1 fully saturated rings. The lowest BCUT2D eigenvalue weighted by Crippen LogP contribution is -2.72. The highest BCUT2D eigenvalue weighted by atomic mass is 127. The second-order valence-corrected chi connectivity index (χ2v) is 6.88. The molecule has 0 aliphatic carbocycles. The first-order valence-electron chi connectivity index (χ1n) is 7.83. The smallest absolute Gasteiger partial charge is 0.194 e. The first kappa shape index (κ1) is 19.2. The highest BCUT2D eigenvalue weighted by Crippen LogP contribution is 2.46. The van der Waals surface area contributed by atoms with Crippen LogP contribution in [0.15, 0.2) is 29.5 Å². The van der Waals surface area contributed by atoms with Crippen molar-refractivity contribution < 1.29 is 0 Å². The molecule has 5 heteroatoms. The number of hydrogen-bond acceptors (Lipinski definition) is 2. The minimum Gasteiger partial charge on any atom is -0.356 e. The van der Waals surface area contributed by atoms with Gasteiger partial charge in [0.2, 0.25) is 0 Å². The monoisotopic (exact) mass is 416 g/mol. The molecular formula is C17H29IN4. The first-order valence-corrected chi connectivity index (χ1v) is 7.83. The van der Waals surface area contributed by atoms with E-state index in [1.54, 1.807) is 0 Å². The Balaban J connectivity index is 0.00000242. The summed E-state index contributed by atoms with van der Waals surface area (Å²) in [6.45, 7) is 14.1. The average Bonchev–Trinajstić information content (AvgIpc) is 2.45. The molecular weight excluding hydrogens is 387 g/mol. The third-order valence-electron chi connectivity index (χ3n) is 4.86. The van der Waals surface area contributed by atoms with Gasteiger partial charge in [0, 0.05) is 43.0 Å². The standard InChI is InChI=1S/C17H28N4.HI/c1-6-19-15(21-13-16(2,3)17(21,4)5)20-11-9-14-8-7-10-18-12-14;/h7-8,10,12H,6,9,11,13H2,1-5H3,(H,19,20);1H. The van der Waals surface area contributed by atoms with Gasteiger partial charge >= 0.3 is 0 Å². The summed E-state index contributed by atoms with van der Waals surface area (Å²) in [6, 6.07) is 4.08. The Morgan fingerprint density at radius 1 is 1.36 bits per heavy atom. The first-order chi connectivity index (χ1) is 9.88. The third-order valence-corrected chi connectivity index (χ3v) is 4.86. The van der Waals surface area contributed by atoms with Gasteiger partial charge in [0.1, 0.15) is 0 Å². The predicted octanol–water partition coefficient (Wildman–Crippen LogP) is 3.33. The fourth-order valence-electron chi connectivity index (χ4n) is 2.63. The molecule has 0 spiro atoms. The minimum absolute atomic E-state index is 0. The molecule has 0 saturated carbocycles. The summed E-state index contributed by atoms with van der Waals surface area (Å²) in [7, 11) is 0. The Morgan fingerprint density at radius 3 is 2.59 bits per heavy atom. The molecule has 2 heterocycles. The highest BCUT2D eigenvalue weighted by Gasteiger charge is 2.53. The molecule has 0 atom stereocenters. The van der Waals surface area contributed by atoms with Crippen LogP contribution < -0.4 is 5.32 Å². The van der Waals surface area contributed by atoms with Gasteiger partial charge in [0.05, 0.1) is 0 Å². The van der Waals surface area contributed by atoms with Gasteiger partial charge in [0.25, 0.3) is 0 Å². The zero-order valence-electron chi connectivity index (χ0n) is 14.4. The Bertz CT molecular complexity index is 497. The van der Waals surface area contributed by atoms with Gasteiger partial charge in [-0.05, 0) is 38.8 Å². The highest BCUT2D eigenvalue weighted by molar-refractivity contribution is 14.0. The number of hydrogen-bond donors (Lipinski definition) is 1. The lowest BCUT2D eigenvalue weighted by molar-refractivity contribution is -0.0667. The molecule has 124 valence electrons. The summed E-state index contributed by atoms with van der Waals surface area (Å²) in [4.78, 5) is 11.3. The maximum Gasteiger partial charge on any atom is 0.194 e. The van der Waals surface area contributed by atoms with E-state index in [-0.39, 0.29) is 29.5 Å². The van der Waals surface area contributed by atoms with Gasteiger partial charge in [-0.2, -0.15) is 0 Å². The van der Waals surface area contributed by atoms with E-state index in [0.717, 1.165) is 32.0 Å². The fraction of sp³-hybridized carbons (Fsp3) is 0.647. The van der Waals surface area contributed by atoms with Crippen LogP contribution in [-0.4, -0.2) is 41.0 Å². The van der Waals surface area contributed by atoms with Crippen LogP contribution in [-0.2, 0) is 6.42 Å². The van der Waals surface area contributed by atoms with E-state index in [0.29, 0.717) is 5.41 Å². The number of aromatic nitrogens is 1. The minimum atomic E-state index is 0. The molecule has 1 saturated heterocycles. The van der Waals surface area contributed by atoms with E-state index in [1.165, 1.54) is 5.56 Å². The van der Waals surface area contributed by atoms with Crippen molar-refractivity contribution in [3.05, 3.63) is 30.1 Å². The SMILES string of the molecule is CCNC(=NCCc1cccnc1)N1CC(C)(C)C1(C)C.I. The zero-order valence-corrected chi connectivity index (χ0v) is 16.7. The number of guanidine groups is 1. The lowest BCUT2D eigenvalue weighted by Gasteiger charge is -2.62. The van der Waals surface area contributed by atoms with Crippen molar-refractivity contribution in [2.45, 2.75) is 46.6 Å². The molecule has 1 aliphatic rings. The zero-order chi connectivity index (χ0) is 15.5. The van der Waals surface area contributed by atoms with Crippen molar-refractivity contribution in [1.29, 1.82) is 0 Å². The number of aliphatic imine (C=N–C) groups is 1. The fourth-order valence-corrected chi connectivity index (χ4v) is 2.63. The van der Waals surface area contributed by atoms with Gasteiger partial charge < -0.3 is 10.2 Å². The number of nitrogens with zero attached hydrogens (tertiary/aromatic N) is 3. The normalized spacial score (nSPS) is 19.1. The summed E-state index contributed by atoms with van der Waals surface area (Å²) in [5, 5.41) is 3.42. The largest absolute Gasteiger partial charge is 0.356 e. The maximum atomic E-state index is 4.80. The number of halogens is 1. The van der Waals surface area contributed by atoms with Crippen LogP contribution in [0.2, 0.25) is 0 Å². The molecule has 0 bridgehead atoms. The van der Waals surface area contributed by atoms with E-state index in [1.807, 2.05) is 18.5 Å². The molecule has 0 unspecified atom stereocenters. The third kappa shape index (κ3) is 3.91. The quantitative estimate of drug-likeness (QED) is 0.465. The van der Waals surface area contributed by atoms with Crippen molar-refractivity contribution in [3.63, 3.8) is 0 Å². The van der Waals surface area contributed by atoms with E-state index >= 15 is 0 Å². The van der Waals surface area contributed by atoms with Crippen LogP contribution in [0.25, 0.3) is 0 Å². The molecule has 1 aromatic rings. The number of pyridine rings is 1. The Morgan fingerprint density at radius 2 is 2.09 bits per heavy atom. The number of nitrogens with one attached hydrogen (secondary N) is 1. The van der Waals surface area contributed by atoms with Crippen LogP contribution in [0.5, 0.6) is 0 Å². The second-order valence-electron chi connectivity index (χ2n) is 6.88. The van der Waals surface area contributed by atoms with Crippen LogP contribution in [0.1, 0.15) is 40.2 Å². The van der Waals surface area contributed by atoms with Gasteiger partial charge in [-0.25, -0.2) is 0 Å². The van der Waals surface area contributed by atoms with Crippen molar-refractivity contribution in [2.75, 3.05) is 19.6 Å². The van der Waals surface area contributed by atoms with E-state index in [4.69, 9.17) is 4.99 Å². The van der Waals surface area contributed by atoms with Crippen LogP contribution >= 0.6 is 24.0 Å². The maximum absolute atomic E-state index is 4.80. The average molecular weight is 416 g/mol. The van der Waals surface area contributed by atoms with Gasteiger partial charge in [0.15, 0.2) is 5.96 Å². The van der Waals surface area contributed by atoms with E-state index in [9.17, 15) is 0 Å². The summed E-state index contributed by atoms with van der Waals surface area (Å²) in [5.41, 5.74) is 1.70. The molecule has 2 rings (SSSR count). The van der Waals surface area contributed by atoms with Crippen molar-refractivity contribution in [2.24, 2.45) is 10.4 Å². The van der Waals surface area contributed by atoms with Crippen molar-refractivity contribution >= 4 is 29.9 Å². The van der Waals surface area contributed by atoms with Crippen LogP contribution in [0.4, 0.5) is 0 Å². The number of likely N-dealkylation sites (tertiary alicyclic amines) is 1.